The van der Waals surface area contributed by atoms with Crippen LogP contribution in [0.3, 0.4) is 0 Å². The summed E-state index contributed by atoms with van der Waals surface area (Å²) in [7, 11) is 0. The second-order valence-corrected chi connectivity index (χ2v) is 8.99. The first-order chi connectivity index (χ1) is 13.1. The van der Waals surface area contributed by atoms with Crippen LogP contribution in [0.15, 0.2) is 12.1 Å². The molecule has 0 N–H and O–H groups in total. The molecule has 1 spiro atoms. The van der Waals surface area contributed by atoms with Gasteiger partial charge in [0.05, 0.1) is 5.69 Å². The van der Waals surface area contributed by atoms with Crippen molar-refractivity contribution in [3.63, 3.8) is 0 Å². The molecular formula is C21H30F2N2O3. The Morgan fingerprint density at radius 2 is 1.93 bits per heavy atom. The van der Waals surface area contributed by atoms with Gasteiger partial charge in [0.25, 0.3) is 6.43 Å². The van der Waals surface area contributed by atoms with Crippen molar-refractivity contribution in [3.8, 4) is 5.88 Å². The number of rotatable bonds is 4. The van der Waals surface area contributed by atoms with Crippen molar-refractivity contribution >= 4 is 6.09 Å². The van der Waals surface area contributed by atoms with Gasteiger partial charge in [-0.2, -0.15) is 0 Å². The summed E-state index contributed by atoms with van der Waals surface area (Å²) in [5.41, 5.74) is 0.0642. The summed E-state index contributed by atoms with van der Waals surface area (Å²) in [5, 5.41) is 0. The number of carbonyl (C=O) groups is 1. The number of likely N-dealkylation sites (tertiary alicyclic amines) is 1. The zero-order valence-electron chi connectivity index (χ0n) is 17.1. The van der Waals surface area contributed by atoms with E-state index >= 15 is 0 Å². The van der Waals surface area contributed by atoms with Crippen LogP contribution in [-0.4, -0.2) is 40.8 Å². The predicted octanol–water partition coefficient (Wildman–Crippen LogP) is 5.14. The van der Waals surface area contributed by atoms with E-state index in [4.69, 9.17) is 9.47 Å². The molecule has 2 fully saturated rings. The maximum Gasteiger partial charge on any atom is 0.410 e. The Hall–Kier alpha value is -1.92. The number of ether oxygens (including phenoxy) is 2. The predicted molar refractivity (Wildman–Crippen MR) is 102 cm³/mol. The van der Waals surface area contributed by atoms with Gasteiger partial charge in [0, 0.05) is 30.1 Å². The Kier molecular flexibility index (Phi) is 5.82. The van der Waals surface area contributed by atoms with E-state index < -0.39 is 12.0 Å². The van der Waals surface area contributed by atoms with Gasteiger partial charge in [0.1, 0.15) is 11.7 Å². The third-order valence-corrected chi connectivity index (χ3v) is 5.54. The van der Waals surface area contributed by atoms with E-state index in [1.807, 2.05) is 27.7 Å². The summed E-state index contributed by atoms with van der Waals surface area (Å²) in [6.45, 7) is 8.89. The van der Waals surface area contributed by atoms with Crippen molar-refractivity contribution in [1.82, 2.24) is 9.88 Å². The highest BCUT2D eigenvalue weighted by atomic mass is 19.3. The molecule has 1 aliphatic carbocycles. The van der Waals surface area contributed by atoms with Gasteiger partial charge in [-0.05, 0) is 58.9 Å². The van der Waals surface area contributed by atoms with Crippen LogP contribution < -0.4 is 4.74 Å². The van der Waals surface area contributed by atoms with Crippen molar-refractivity contribution in [2.75, 3.05) is 13.1 Å². The van der Waals surface area contributed by atoms with Crippen LogP contribution in [0.5, 0.6) is 5.88 Å². The van der Waals surface area contributed by atoms with Crippen LogP contribution in [-0.2, 0) is 11.2 Å². The highest BCUT2D eigenvalue weighted by molar-refractivity contribution is 5.69. The van der Waals surface area contributed by atoms with E-state index in [0.717, 1.165) is 38.8 Å². The lowest BCUT2D eigenvalue weighted by Crippen LogP contribution is -2.60. The van der Waals surface area contributed by atoms with Gasteiger partial charge in [-0.1, -0.05) is 6.92 Å². The largest absolute Gasteiger partial charge is 0.474 e. The van der Waals surface area contributed by atoms with Crippen LogP contribution in [0, 0.1) is 5.41 Å². The first kappa shape index (κ1) is 20.8. The summed E-state index contributed by atoms with van der Waals surface area (Å²) >= 11 is 0. The average Bonchev–Trinajstić information content (AvgIpc) is 2.58. The minimum absolute atomic E-state index is 0.0193. The first-order valence-electron chi connectivity index (χ1n) is 10.0. The Balaban J connectivity index is 1.50. The summed E-state index contributed by atoms with van der Waals surface area (Å²) in [6.07, 6.45) is 1.44. The number of alkyl halides is 2. The van der Waals surface area contributed by atoms with Crippen LogP contribution >= 0.6 is 0 Å². The molecule has 2 aliphatic rings. The van der Waals surface area contributed by atoms with Gasteiger partial charge in [-0.3, -0.25) is 0 Å². The fourth-order valence-electron chi connectivity index (χ4n) is 4.07. The molecule has 1 amide bonds. The van der Waals surface area contributed by atoms with Crippen LogP contribution in [0.25, 0.3) is 0 Å². The lowest BCUT2D eigenvalue weighted by atomic mass is 9.68. The van der Waals surface area contributed by atoms with Crippen LogP contribution in [0.1, 0.15) is 71.1 Å². The minimum Gasteiger partial charge on any atom is -0.474 e. The summed E-state index contributed by atoms with van der Waals surface area (Å²) in [4.78, 5) is 18.2. The number of aromatic nitrogens is 1. The fourth-order valence-corrected chi connectivity index (χ4v) is 4.07. The van der Waals surface area contributed by atoms with Crippen molar-refractivity contribution in [2.24, 2.45) is 5.41 Å². The van der Waals surface area contributed by atoms with E-state index in [0.29, 0.717) is 18.0 Å². The molecule has 0 radical (unpaired) electrons. The fraction of sp³-hybridized carbons (Fsp3) is 0.714. The number of hydrogen-bond acceptors (Lipinski definition) is 4. The number of aryl methyl sites for hydroxylation is 1. The van der Waals surface area contributed by atoms with Gasteiger partial charge in [-0.25, -0.2) is 18.6 Å². The average molecular weight is 396 g/mol. The number of carbonyl (C=O) groups excluding carboxylic acids is 1. The molecule has 1 aliphatic heterocycles. The molecule has 1 saturated carbocycles. The van der Waals surface area contributed by atoms with Gasteiger partial charge in [0.15, 0.2) is 0 Å². The molecule has 1 aromatic heterocycles. The quantitative estimate of drug-likeness (QED) is 0.707. The molecule has 1 saturated heterocycles. The molecular weight excluding hydrogens is 366 g/mol. The van der Waals surface area contributed by atoms with Crippen molar-refractivity contribution in [2.45, 2.75) is 77.9 Å². The highest BCUT2D eigenvalue weighted by Gasteiger charge is 2.48. The lowest BCUT2D eigenvalue weighted by Gasteiger charge is -2.52. The summed E-state index contributed by atoms with van der Waals surface area (Å²) in [5.74, 6) is 0.422. The molecule has 3 rings (SSSR count). The van der Waals surface area contributed by atoms with Gasteiger partial charge < -0.3 is 14.4 Å². The monoisotopic (exact) mass is 396 g/mol. The number of pyridine rings is 1. The molecule has 0 aromatic carbocycles. The molecule has 28 heavy (non-hydrogen) atoms. The van der Waals surface area contributed by atoms with Crippen LogP contribution in [0.4, 0.5) is 13.6 Å². The second-order valence-electron chi connectivity index (χ2n) is 8.99. The van der Waals surface area contributed by atoms with Crippen molar-refractivity contribution < 1.29 is 23.0 Å². The third kappa shape index (κ3) is 4.73. The molecule has 156 valence electrons. The maximum absolute atomic E-state index is 13.0. The topological polar surface area (TPSA) is 51.7 Å². The van der Waals surface area contributed by atoms with Gasteiger partial charge in [-0.15, -0.1) is 0 Å². The maximum atomic E-state index is 13.0. The van der Waals surface area contributed by atoms with Crippen molar-refractivity contribution in [3.05, 3.63) is 23.4 Å². The summed E-state index contributed by atoms with van der Waals surface area (Å²) < 4.78 is 37.4. The Morgan fingerprint density at radius 3 is 2.46 bits per heavy atom. The third-order valence-electron chi connectivity index (χ3n) is 5.54. The second kappa shape index (κ2) is 7.84. The van der Waals surface area contributed by atoms with E-state index in [9.17, 15) is 13.6 Å². The molecule has 0 unspecified atom stereocenters. The number of amides is 1. The number of hydrogen-bond donors (Lipinski definition) is 0. The Bertz CT molecular complexity index is 702. The molecule has 0 bridgehead atoms. The number of halogens is 2. The molecule has 5 nitrogen and oxygen atoms in total. The zero-order chi connectivity index (χ0) is 20.5. The smallest absolute Gasteiger partial charge is 0.410 e. The van der Waals surface area contributed by atoms with Gasteiger partial charge in [0.2, 0.25) is 5.88 Å². The molecule has 2 heterocycles. The Labute approximate surface area is 165 Å². The molecule has 0 atom stereocenters. The minimum atomic E-state index is -2.52. The Morgan fingerprint density at radius 1 is 1.29 bits per heavy atom. The van der Waals surface area contributed by atoms with E-state index in [2.05, 4.69) is 4.98 Å². The molecule has 1 aromatic rings. The summed E-state index contributed by atoms with van der Waals surface area (Å²) in [6, 6.07) is 2.96. The first-order valence-corrected chi connectivity index (χ1v) is 10.0. The van der Waals surface area contributed by atoms with E-state index in [1.54, 1.807) is 11.0 Å². The lowest BCUT2D eigenvalue weighted by molar-refractivity contribution is -0.0610. The van der Waals surface area contributed by atoms with Crippen molar-refractivity contribution in [1.29, 1.82) is 0 Å². The number of nitrogens with zero attached hydrogens (tertiary/aromatic N) is 2. The van der Waals surface area contributed by atoms with Crippen LogP contribution in [0.2, 0.25) is 0 Å². The van der Waals surface area contributed by atoms with E-state index in [-0.39, 0.29) is 23.2 Å². The van der Waals surface area contributed by atoms with E-state index in [1.165, 1.54) is 6.07 Å². The SMILES string of the molecule is CCc1nc(OC2CCC3(CC2)CN(C(=O)OC(C)(C)C)C3)ccc1C(F)F. The highest BCUT2D eigenvalue weighted by Crippen LogP contribution is 2.45. The zero-order valence-corrected chi connectivity index (χ0v) is 17.1. The standard InChI is InChI=1S/C21H30F2N2O3/c1-5-16-15(18(22)23)6-7-17(24-16)27-14-8-10-21(11-9-14)12-25(13-21)19(26)28-20(2,3)4/h6-7,14,18H,5,8-13H2,1-4H3. The van der Waals surface area contributed by atoms with Gasteiger partial charge >= 0.3 is 6.09 Å². The normalized spacial score (nSPS) is 19.6. The molecule has 7 heteroatoms.